The lowest BCUT2D eigenvalue weighted by atomic mass is 9.85. The van der Waals surface area contributed by atoms with E-state index in [2.05, 4.69) is 146 Å². The second-order valence-electron chi connectivity index (χ2n) is 12.7. The third kappa shape index (κ3) is 3.82. The van der Waals surface area contributed by atoms with Crippen LogP contribution in [0.3, 0.4) is 0 Å². The molecule has 0 N–H and O–H groups in total. The van der Waals surface area contributed by atoms with Crippen LogP contribution in [0.1, 0.15) is 42.9 Å². The summed E-state index contributed by atoms with van der Waals surface area (Å²) in [6.45, 7) is 2.33. The highest BCUT2D eigenvalue weighted by Gasteiger charge is 2.45. The van der Waals surface area contributed by atoms with Crippen molar-refractivity contribution in [1.82, 2.24) is 0 Å². The molecule has 1 heteroatoms. The van der Waals surface area contributed by atoms with Gasteiger partial charge in [-0.2, -0.15) is 0 Å². The summed E-state index contributed by atoms with van der Waals surface area (Å²) in [5, 5.41) is 3.30. The lowest BCUT2D eigenvalue weighted by Gasteiger charge is -2.25. The summed E-state index contributed by atoms with van der Waals surface area (Å²) in [6, 6.07) is 50.5. The van der Waals surface area contributed by atoms with Crippen LogP contribution in [0.2, 0.25) is 0 Å². The molecule has 2 unspecified atom stereocenters. The third-order valence-electron chi connectivity index (χ3n) is 10.2. The maximum atomic E-state index is 2.59. The minimum atomic E-state index is -1.61. The molecule has 2 aliphatic heterocycles. The number of allylic oxidation sites excluding steroid dienone is 1. The molecule has 2 atom stereocenters. The van der Waals surface area contributed by atoms with Crippen LogP contribution in [0.25, 0.3) is 61.7 Å². The molecule has 0 spiro atoms. The van der Waals surface area contributed by atoms with E-state index in [4.69, 9.17) is 0 Å². The van der Waals surface area contributed by atoms with Gasteiger partial charge in [0.2, 0.25) is 0 Å². The maximum absolute atomic E-state index is 2.59. The van der Waals surface area contributed by atoms with Crippen molar-refractivity contribution < 1.29 is 0 Å². The Labute approximate surface area is 262 Å². The predicted molar refractivity (Wildman–Crippen MR) is 190 cm³/mol. The van der Waals surface area contributed by atoms with Crippen molar-refractivity contribution in [2.45, 2.75) is 31.7 Å². The smallest absolute Gasteiger partial charge is 0.0654 e. The van der Waals surface area contributed by atoms with E-state index in [1.165, 1.54) is 80.5 Å². The van der Waals surface area contributed by atoms with Crippen LogP contribution in [0.5, 0.6) is 0 Å². The Kier molecular flexibility index (Phi) is 5.96. The van der Waals surface area contributed by atoms with Gasteiger partial charge in [0, 0.05) is 5.54 Å². The predicted octanol–water partition coefficient (Wildman–Crippen LogP) is 9.90. The van der Waals surface area contributed by atoms with Gasteiger partial charge in [-0.1, -0.05) is 140 Å². The van der Waals surface area contributed by atoms with E-state index in [1.54, 1.807) is 21.5 Å². The van der Waals surface area contributed by atoms with Crippen LogP contribution >= 0.6 is 0 Å². The molecule has 44 heavy (non-hydrogen) atoms. The largest absolute Gasteiger partial charge is 0.116 e. The van der Waals surface area contributed by atoms with Crippen molar-refractivity contribution in [2.75, 3.05) is 0 Å². The maximum Gasteiger partial charge on any atom is 0.116 e. The molecule has 0 aromatic heterocycles. The van der Waals surface area contributed by atoms with Gasteiger partial charge in [-0.25, -0.2) is 0 Å². The van der Waals surface area contributed by atoms with E-state index >= 15 is 0 Å². The molecule has 0 saturated heterocycles. The van der Waals surface area contributed by atoms with E-state index < -0.39 is 8.80 Å². The molecule has 0 fully saturated rings. The van der Waals surface area contributed by atoms with Crippen molar-refractivity contribution in [3.05, 3.63) is 150 Å². The second kappa shape index (κ2) is 10.2. The summed E-state index contributed by atoms with van der Waals surface area (Å²) >= 11 is 0. The minimum Gasteiger partial charge on any atom is -0.0654 e. The second-order valence-corrected chi connectivity index (χ2v) is 15.5. The van der Waals surface area contributed by atoms with Crippen LogP contribution in [-0.4, -0.2) is 8.80 Å². The van der Waals surface area contributed by atoms with Crippen LogP contribution in [0.4, 0.5) is 0 Å². The van der Waals surface area contributed by atoms with E-state index in [-0.39, 0.29) is 0 Å². The van der Waals surface area contributed by atoms with Gasteiger partial charge in [0.25, 0.3) is 0 Å². The molecule has 2 heterocycles. The van der Waals surface area contributed by atoms with E-state index in [1.807, 2.05) is 0 Å². The molecule has 3 aliphatic rings. The molecule has 9 rings (SSSR count). The molecule has 2 bridgehead atoms. The summed E-state index contributed by atoms with van der Waals surface area (Å²) < 4.78 is 0. The summed E-state index contributed by atoms with van der Waals surface area (Å²) in [4.78, 5) is 0. The topological polar surface area (TPSA) is 0 Å². The van der Waals surface area contributed by atoms with Crippen LogP contribution in [-0.2, 0) is 0 Å². The Hall–Kier alpha value is -4.72. The van der Waals surface area contributed by atoms with E-state index in [0.717, 1.165) is 0 Å². The zero-order chi connectivity index (χ0) is 29.2. The number of rotatable bonds is 6. The molecule has 0 saturated carbocycles. The molecule has 6 aromatic carbocycles. The molecule has 210 valence electrons. The monoisotopic (exact) mass is 578 g/mol. The third-order valence-corrected chi connectivity index (χ3v) is 14.1. The van der Waals surface area contributed by atoms with Gasteiger partial charge in [-0.05, 0) is 108 Å². The Morgan fingerprint density at radius 2 is 1.16 bits per heavy atom. The molecule has 1 aliphatic carbocycles. The molecule has 0 amide bonds. The summed E-state index contributed by atoms with van der Waals surface area (Å²) in [6.07, 6.45) is 6.25. The zero-order valence-corrected chi connectivity index (χ0v) is 26.2. The molecular weight excluding hydrogens is 545 g/mol. The summed E-state index contributed by atoms with van der Waals surface area (Å²) in [5.41, 5.74) is 18.9. The standard InChI is InChI=1S/C43H34Si/c1-2-3-13-31-24-30-22-23-36-38-20-12-19-37-35-18-10-11-21-39(35)44(43(37)38)42(31)41(30)40(36)34-26-32(28-14-6-4-7-15-28)25-33(27-34)29-16-8-5-9-17-29/h4-12,14-27,42,44H,2-3,13H2,1H3. The summed E-state index contributed by atoms with van der Waals surface area (Å²) in [7, 11) is -1.61. The Morgan fingerprint density at radius 1 is 0.545 bits per heavy atom. The van der Waals surface area contributed by atoms with Crippen molar-refractivity contribution in [2.24, 2.45) is 0 Å². The average molecular weight is 579 g/mol. The molecule has 0 nitrogen and oxygen atoms in total. The minimum absolute atomic E-state index is 0.484. The first-order chi connectivity index (χ1) is 21.8. The number of hydrogen-bond acceptors (Lipinski definition) is 0. The average Bonchev–Trinajstić information content (AvgIpc) is 3.60. The van der Waals surface area contributed by atoms with Crippen molar-refractivity contribution >= 4 is 25.2 Å². The lowest BCUT2D eigenvalue weighted by molar-refractivity contribution is 0.773. The van der Waals surface area contributed by atoms with Gasteiger partial charge in [0.1, 0.15) is 8.80 Å². The van der Waals surface area contributed by atoms with Gasteiger partial charge in [-0.15, -0.1) is 0 Å². The highest BCUT2D eigenvalue weighted by atomic mass is 28.3. The van der Waals surface area contributed by atoms with Gasteiger partial charge >= 0.3 is 0 Å². The Bertz CT molecular complexity index is 2040. The van der Waals surface area contributed by atoms with Gasteiger partial charge in [0.05, 0.1) is 0 Å². The fourth-order valence-electron chi connectivity index (χ4n) is 8.35. The van der Waals surface area contributed by atoms with Crippen LogP contribution in [0, 0.1) is 0 Å². The number of benzene rings is 6. The molecule has 0 radical (unpaired) electrons. The van der Waals surface area contributed by atoms with E-state index in [9.17, 15) is 0 Å². The van der Waals surface area contributed by atoms with Crippen molar-refractivity contribution in [3.63, 3.8) is 0 Å². The van der Waals surface area contributed by atoms with Gasteiger partial charge < -0.3 is 0 Å². The normalized spacial score (nSPS) is 16.7. The molecule has 6 aromatic rings. The van der Waals surface area contributed by atoms with E-state index in [0.29, 0.717) is 5.54 Å². The number of hydrogen-bond donors (Lipinski definition) is 0. The summed E-state index contributed by atoms with van der Waals surface area (Å²) in [5.74, 6) is 0. The molecular formula is C43H34Si. The highest BCUT2D eigenvalue weighted by Crippen LogP contribution is 2.53. The van der Waals surface area contributed by atoms with Crippen LogP contribution in [0.15, 0.2) is 139 Å². The quantitative estimate of drug-likeness (QED) is 0.173. The fourth-order valence-corrected chi connectivity index (χ4v) is 12.8. The first-order valence-electron chi connectivity index (χ1n) is 16.2. The SMILES string of the molecule is CCCCC1=Cc2ccc3c(-c4cc(-c5ccccc5)cc(-c5ccccc5)c4)c2C1[SiH]1c2ccccc2-c2cccc-3c21. The number of fused-ring (bicyclic) bond motifs is 6. The Balaban J connectivity index is 1.36. The van der Waals surface area contributed by atoms with Gasteiger partial charge in [-0.3, -0.25) is 0 Å². The first kappa shape index (κ1) is 25.7. The zero-order valence-electron chi connectivity index (χ0n) is 25.1. The highest BCUT2D eigenvalue weighted by molar-refractivity contribution is 6.92. The lowest BCUT2D eigenvalue weighted by Crippen LogP contribution is -2.44. The van der Waals surface area contributed by atoms with Gasteiger partial charge in [0.15, 0.2) is 0 Å². The first-order valence-corrected chi connectivity index (χ1v) is 18.0. The number of unbranched alkanes of at least 4 members (excludes halogenated alkanes) is 1. The van der Waals surface area contributed by atoms with Crippen molar-refractivity contribution in [3.8, 4) is 55.6 Å². The van der Waals surface area contributed by atoms with Crippen LogP contribution < -0.4 is 10.4 Å². The Morgan fingerprint density at radius 3 is 1.86 bits per heavy atom. The fraction of sp³-hybridized carbons (Fsp3) is 0.116. The van der Waals surface area contributed by atoms with Crippen molar-refractivity contribution in [1.29, 1.82) is 0 Å².